The van der Waals surface area contributed by atoms with E-state index in [1.54, 1.807) is 32.2 Å². The third kappa shape index (κ3) is 5.00. The smallest absolute Gasteiger partial charge is 0.264 e. The van der Waals surface area contributed by atoms with E-state index in [4.69, 9.17) is 0 Å². The second-order valence-corrected chi connectivity index (χ2v) is 7.34. The van der Waals surface area contributed by atoms with Crippen LogP contribution in [0.4, 0.5) is 0 Å². The number of hydrogen-bond donors (Lipinski definition) is 2. The zero-order valence-electron chi connectivity index (χ0n) is 13.7. The van der Waals surface area contributed by atoms with Crippen LogP contribution in [-0.4, -0.2) is 35.3 Å². The second kappa shape index (κ2) is 7.60. The van der Waals surface area contributed by atoms with Crippen molar-refractivity contribution in [1.82, 2.24) is 10.0 Å². The van der Waals surface area contributed by atoms with Crippen molar-refractivity contribution in [3.8, 4) is 0 Å². The molecule has 1 rings (SSSR count). The summed E-state index contributed by atoms with van der Waals surface area (Å²) < 4.78 is 26.4. The second-order valence-electron chi connectivity index (χ2n) is 5.66. The van der Waals surface area contributed by atoms with E-state index in [0.29, 0.717) is 11.5 Å². The van der Waals surface area contributed by atoms with Gasteiger partial charge in [0, 0.05) is 11.6 Å². The minimum atomic E-state index is -3.84. The Hall–Kier alpha value is -1.60. The zero-order valence-corrected chi connectivity index (χ0v) is 14.5. The van der Waals surface area contributed by atoms with Gasteiger partial charge in [0.15, 0.2) is 0 Å². The van der Waals surface area contributed by atoms with Crippen molar-refractivity contribution in [2.75, 3.05) is 7.05 Å². The summed E-state index contributed by atoms with van der Waals surface area (Å²) in [5.41, 5.74) is 1.32. The number of amides is 1. The fraction of sp³-hybridized carbons (Fsp3) is 0.400. The molecular weight excluding hydrogens is 299 g/mol. The summed E-state index contributed by atoms with van der Waals surface area (Å²) in [7, 11) is -0.177. The summed E-state index contributed by atoms with van der Waals surface area (Å²) in [4.78, 5) is 12.2. The van der Waals surface area contributed by atoms with E-state index in [1.165, 1.54) is 12.1 Å². The van der Waals surface area contributed by atoms with Gasteiger partial charge in [-0.2, -0.15) is 0 Å². The Kier molecular flexibility index (Phi) is 6.38. The van der Waals surface area contributed by atoms with E-state index in [-0.39, 0.29) is 10.9 Å². The maximum absolute atomic E-state index is 12.2. The number of rotatable bonds is 6. The molecule has 1 aromatic carbocycles. The van der Waals surface area contributed by atoms with Crippen molar-refractivity contribution in [3.63, 3.8) is 0 Å². The summed E-state index contributed by atoms with van der Waals surface area (Å²) in [5, 5.41) is 3.08. The van der Waals surface area contributed by atoms with Gasteiger partial charge in [0.1, 0.15) is 7.85 Å². The fourth-order valence-electron chi connectivity index (χ4n) is 1.93. The third-order valence-electron chi connectivity index (χ3n) is 3.40. The molecule has 1 amide bonds. The maximum atomic E-state index is 12.2. The summed E-state index contributed by atoms with van der Waals surface area (Å²) in [6, 6.07) is 6.35. The van der Waals surface area contributed by atoms with Crippen LogP contribution in [0.5, 0.6) is 0 Å². The van der Waals surface area contributed by atoms with Gasteiger partial charge in [-0.05, 0) is 32.0 Å². The average Bonchev–Trinajstić information content (AvgIpc) is 2.43. The van der Waals surface area contributed by atoms with Gasteiger partial charge in [0.05, 0.1) is 4.90 Å². The number of sulfonamides is 1. The van der Waals surface area contributed by atoms with Crippen molar-refractivity contribution >= 4 is 29.2 Å². The fourth-order valence-corrected chi connectivity index (χ4v) is 2.95. The number of hydrogen-bond acceptors (Lipinski definition) is 4. The first-order valence-electron chi connectivity index (χ1n) is 7.17. The number of likely N-dealkylation sites (N-methyl/N-ethyl adjacent to an activating group) is 1. The monoisotopic (exact) mass is 322 g/mol. The van der Waals surface area contributed by atoms with Crippen molar-refractivity contribution in [2.45, 2.75) is 31.7 Å². The average molecular weight is 322 g/mol. The van der Waals surface area contributed by atoms with Crippen LogP contribution in [0.1, 0.15) is 20.8 Å². The van der Waals surface area contributed by atoms with Crippen molar-refractivity contribution in [3.05, 3.63) is 35.9 Å². The van der Waals surface area contributed by atoms with E-state index in [9.17, 15) is 13.2 Å². The van der Waals surface area contributed by atoms with E-state index in [2.05, 4.69) is 10.0 Å². The van der Waals surface area contributed by atoms with E-state index in [1.807, 2.05) is 21.7 Å². The van der Waals surface area contributed by atoms with Crippen LogP contribution in [0, 0.1) is 5.92 Å². The van der Waals surface area contributed by atoms with Crippen LogP contribution in [0.3, 0.4) is 0 Å². The van der Waals surface area contributed by atoms with Crippen molar-refractivity contribution in [1.29, 1.82) is 0 Å². The molecule has 7 heteroatoms. The van der Waals surface area contributed by atoms with Crippen LogP contribution in [0.15, 0.2) is 40.8 Å². The molecule has 0 fully saturated rings. The van der Waals surface area contributed by atoms with Crippen LogP contribution < -0.4 is 15.5 Å². The highest BCUT2D eigenvalue weighted by atomic mass is 32.2. The minimum Gasteiger partial charge on any atom is -0.313 e. The molecule has 1 atom stereocenters. The lowest BCUT2D eigenvalue weighted by molar-refractivity contribution is -0.115. The van der Waals surface area contributed by atoms with E-state index in [0.717, 1.165) is 5.46 Å². The molecule has 120 valence electrons. The van der Waals surface area contributed by atoms with Gasteiger partial charge in [0.2, 0.25) is 0 Å². The molecule has 22 heavy (non-hydrogen) atoms. The zero-order chi connectivity index (χ0) is 16.9. The summed E-state index contributed by atoms with van der Waals surface area (Å²) in [5.74, 6) is -0.317. The lowest BCUT2D eigenvalue weighted by Crippen LogP contribution is -2.34. The minimum absolute atomic E-state index is 0.00725. The lowest BCUT2D eigenvalue weighted by atomic mass is 9.97. The predicted molar refractivity (Wildman–Crippen MR) is 91.4 cm³/mol. The Labute approximate surface area is 133 Å². The highest BCUT2D eigenvalue weighted by molar-refractivity contribution is 7.90. The van der Waals surface area contributed by atoms with Gasteiger partial charge in [-0.15, -0.1) is 0 Å². The highest BCUT2D eigenvalue weighted by Crippen LogP contribution is 2.09. The van der Waals surface area contributed by atoms with Crippen LogP contribution in [0.2, 0.25) is 0 Å². The molecule has 0 aliphatic carbocycles. The van der Waals surface area contributed by atoms with Crippen LogP contribution in [0.25, 0.3) is 0 Å². The van der Waals surface area contributed by atoms with Gasteiger partial charge in [-0.1, -0.05) is 37.5 Å². The molecule has 0 aliphatic rings. The predicted octanol–water partition coefficient (Wildman–Crippen LogP) is -0.0598. The molecule has 0 spiro atoms. The Balaban J connectivity index is 2.91. The summed E-state index contributed by atoms with van der Waals surface area (Å²) in [6.07, 6.45) is 1.74. The molecule has 0 unspecified atom stereocenters. The first-order chi connectivity index (χ1) is 10.2. The standard InChI is InChI=1S/C15H23BN2O3S/c1-10(2)14(17-4)9-11(3)15(19)18-22(20,21)13-7-5-12(16)6-8-13/h5-10,14,17H,16H2,1-4H3,(H,18,19)/b11-9+/t14-/m1/s1. The number of nitrogens with one attached hydrogen (secondary N) is 2. The molecule has 0 radical (unpaired) electrons. The Morgan fingerprint density at radius 2 is 1.77 bits per heavy atom. The van der Waals surface area contributed by atoms with Crippen LogP contribution >= 0.6 is 0 Å². The first-order valence-corrected chi connectivity index (χ1v) is 8.65. The van der Waals surface area contributed by atoms with Gasteiger partial charge < -0.3 is 5.32 Å². The molecule has 0 bridgehead atoms. The van der Waals surface area contributed by atoms with E-state index >= 15 is 0 Å². The molecule has 2 N–H and O–H groups in total. The number of carbonyl (C=O) groups is 1. The normalized spacial score (nSPS) is 14.0. The van der Waals surface area contributed by atoms with Crippen molar-refractivity contribution in [2.24, 2.45) is 5.92 Å². The summed E-state index contributed by atoms with van der Waals surface area (Å²) >= 11 is 0. The number of carbonyl (C=O) groups excluding carboxylic acids is 1. The van der Waals surface area contributed by atoms with Gasteiger partial charge in [-0.3, -0.25) is 4.79 Å². The summed E-state index contributed by atoms with van der Waals surface area (Å²) in [6.45, 7) is 5.64. The molecule has 0 aliphatic heterocycles. The van der Waals surface area contributed by atoms with E-state index < -0.39 is 15.9 Å². The van der Waals surface area contributed by atoms with Gasteiger partial charge in [-0.25, -0.2) is 13.1 Å². The largest absolute Gasteiger partial charge is 0.313 e. The maximum Gasteiger partial charge on any atom is 0.264 e. The first kappa shape index (κ1) is 18.5. The van der Waals surface area contributed by atoms with Gasteiger partial charge in [0.25, 0.3) is 15.9 Å². The molecular formula is C15H23BN2O3S. The van der Waals surface area contributed by atoms with Crippen molar-refractivity contribution < 1.29 is 13.2 Å². The Morgan fingerprint density at radius 3 is 2.23 bits per heavy atom. The third-order valence-corrected chi connectivity index (χ3v) is 4.74. The Bertz CT molecular complexity index is 652. The van der Waals surface area contributed by atoms with Crippen LogP contribution in [-0.2, 0) is 14.8 Å². The molecule has 0 saturated heterocycles. The molecule has 0 heterocycles. The van der Waals surface area contributed by atoms with Gasteiger partial charge >= 0.3 is 0 Å². The highest BCUT2D eigenvalue weighted by Gasteiger charge is 2.19. The number of benzene rings is 1. The lowest BCUT2D eigenvalue weighted by Gasteiger charge is -2.17. The molecule has 0 aromatic heterocycles. The molecule has 0 saturated carbocycles. The quantitative estimate of drug-likeness (QED) is 0.568. The SMILES string of the molecule is Bc1ccc(S(=O)(=O)NC(=O)/C(C)=C/[C@@H](NC)C(C)C)cc1. The Morgan fingerprint density at radius 1 is 1.23 bits per heavy atom. The molecule has 1 aromatic rings. The molecule has 5 nitrogen and oxygen atoms in total. The topological polar surface area (TPSA) is 75.3 Å².